The van der Waals surface area contributed by atoms with E-state index in [1.165, 1.54) is 29.5 Å². The molecule has 25 heavy (non-hydrogen) atoms. The van der Waals surface area contributed by atoms with Crippen LogP contribution in [0, 0.1) is 19.8 Å². The van der Waals surface area contributed by atoms with E-state index >= 15 is 0 Å². The molecule has 3 aliphatic rings. The van der Waals surface area contributed by atoms with Crippen molar-refractivity contribution >= 4 is 5.91 Å². The minimum atomic E-state index is 0.185. The second-order valence-corrected chi connectivity index (χ2v) is 8.25. The zero-order valence-corrected chi connectivity index (χ0v) is 15.5. The van der Waals surface area contributed by atoms with Gasteiger partial charge in [0.25, 0.3) is 0 Å². The molecule has 1 aromatic carbocycles. The van der Waals surface area contributed by atoms with Gasteiger partial charge in [-0.25, -0.2) is 0 Å². The maximum atomic E-state index is 12.4. The summed E-state index contributed by atoms with van der Waals surface area (Å²) in [5.74, 6) is 0.983. The van der Waals surface area contributed by atoms with Gasteiger partial charge >= 0.3 is 0 Å². The van der Waals surface area contributed by atoms with E-state index in [1.54, 1.807) is 0 Å². The maximum absolute atomic E-state index is 12.4. The number of fused-ring (bicyclic) bond motifs is 1. The quantitative estimate of drug-likeness (QED) is 0.894. The normalized spacial score (nSPS) is 29.4. The van der Waals surface area contributed by atoms with Crippen molar-refractivity contribution in [3.63, 3.8) is 0 Å². The number of benzene rings is 1. The van der Waals surface area contributed by atoms with Crippen LogP contribution in [0.15, 0.2) is 18.2 Å². The molecule has 0 bridgehead atoms. The van der Waals surface area contributed by atoms with Gasteiger partial charge in [0.1, 0.15) is 0 Å². The Hall–Kier alpha value is -1.39. The van der Waals surface area contributed by atoms with Gasteiger partial charge in [-0.2, -0.15) is 0 Å². The van der Waals surface area contributed by atoms with Gasteiger partial charge in [0.05, 0.1) is 12.7 Å². The number of hydrogen-bond acceptors (Lipinski definition) is 3. The molecule has 136 valence electrons. The number of carbonyl (C=O) groups excluding carboxylic acids is 1. The standard InChI is InChI=1S/C21H30N2O2/c1-14-3-4-16(15(2)9-14)7-8-21(24)22-18-10-19-13-25-20(17-5-6-17)12-23(19)11-18/h3-4,9,17-20H,5-8,10-13H2,1-2H3,(H,22,24)/t18-,19+,20-/m1/s1. The fraction of sp³-hybridized carbons (Fsp3) is 0.667. The van der Waals surface area contributed by atoms with Crippen LogP contribution in [0.1, 0.15) is 42.4 Å². The van der Waals surface area contributed by atoms with Gasteiger partial charge in [-0.3, -0.25) is 9.69 Å². The Morgan fingerprint density at radius 1 is 1.28 bits per heavy atom. The highest BCUT2D eigenvalue weighted by molar-refractivity contribution is 5.76. The predicted octanol–water partition coefficient (Wildman–Crippen LogP) is 2.60. The number of hydrogen-bond donors (Lipinski definition) is 1. The second-order valence-electron chi connectivity index (χ2n) is 8.25. The van der Waals surface area contributed by atoms with Crippen molar-refractivity contribution in [2.45, 2.75) is 64.1 Å². The lowest BCUT2D eigenvalue weighted by Gasteiger charge is -2.35. The molecular weight excluding hydrogens is 312 g/mol. The van der Waals surface area contributed by atoms with Crippen molar-refractivity contribution in [3.8, 4) is 0 Å². The summed E-state index contributed by atoms with van der Waals surface area (Å²) in [7, 11) is 0. The molecule has 2 heterocycles. The first kappa shape index (κ1) is 17.0. The molecule has 4 rings (SSSR count). The van der Waals surface area contributed by atoms with Crippen LogP contribution in [-0.4, -0.2) is 48.7 Å². The van der Waals surface area contributed by atoms with Crippen LogP contribution < -0.4 is 5.32 Å². The van der Waals surface area contributed by atoms with Crippen LogP contribution in [0.4, 0.5) is 0 Å². The van der Waals surface area contributed by atoms with Gasteiger partial charge < -0.3 is 10.1 Å². The third kappa shape index (κ3) is 4.06. The molecule has 0 aromatic heterocycles. The van der Waals surface area contributed by atoms with E-state index in [0.29, 0.717) is 18.6 Å². The average Bonchev–Trinajstić information content (AvgIpc) is 3.34. The molecule has 1 aromatic rings. The van der Waals surface area contributed by atoms with Crippen LogP contribution in [0.5, 0.6) is 0 Å². The first-order valence-corrected chi connectivity index (χ1v) is 9.79. The Kier molecular flexibility index (Phi) is 4.83. The highest BCUT2D eigenvalue weighted by Gasteiger charge is 2.42. The van der Waals surface area contributed by atoms with Gasteiger partial charge in [0.2, 0.25) is 5.91 Å². The lowest BCUT2D eigenvalue weighted by Crippen LogP contribution is -2.47. The van der Waals surface area contributed by atoms with Crippen LogP contribution in [0.2, 0.25) is 0 Å². The Labute approximate surface area is 150 Å². The van der Waals surface area contributed by atoms with E-state index in [9.17, 15) is 4.79 Å². The lowest BCUT2D eigenvalue weighted by molar-refractivity contribution is -0.121. The number of carbonyl (C=O) groups is 1. The molecule has 0 spiro atoms. The number of rotatable bonds is 5. The molecule has 3 atom stereocenters. The summed E-state index contributed by atoms with van der Waals surface area (Å²) < 4.78 is 6.04. The summed E-state index contributed by atoms with van der Waals surface area (Å²) in [6.45, 7) is 7.13. The number of ether oxygens (including phenoxy) is 1. The number of nitrogens with one attached hydrogen (secondary N) is 1. The van der Waals surface area contributed by atoms with Crippen molar-refractivity contribution in [1.29, 1.82) is 0 Å². The first-order chi connectivity index (χ1) is 12.1. The molecule has 1 saturated carbocycles. The molecule has 3 fully saturated rings. The van der Waals surface area contributed by atoms with Crippen molar-refractivity contribution in [2.75, 3.05) is 19.7 Å². The van der Waals surface area contributed by atoms with Gasteiger partial charge in [0, 0.05) is 31.6 Å². The van der Waals surface area contributed by atoms with Crippen LogP contribution in [0.3, 0.4) is 0 Å². The van der Waals surface area contributed by atoms with E-state index < -0.39 is 0 Å². The SMILES string of the molecule is Cc1ccc(CCC(=O)N[C@@H]2C[C@H]3CO[C@@H](C4CC4)CN3C2)c(C)c1. The summed E-state index contributed by atoms with van der Waals surface area (Å²) >= 11 is 0. The number of nitrogens with zero attached hydrogens (tertiary/aromatic N) is 1. The number of amides is 1. The molecule has 4 nitrogen and oxygen atoms in total. The Morgan fingerprint density at radius 2 is 2.12 bits per heavy atom. The molecule has 2 aliphatic heterocycles. The zero-order chi connectivity index (χ0) is 17.4. The molecule has 2 saturated heterocycles. The highest BCUT2D eigenvalue weighted by atomic mass is 16.5. The van der Waals surface area contributed by atoms with Crippen molar-refractivity contribution in [1.82, 2.24) is 10.2 Å². The Morgan fingerprint density at radius 3 is 2.88 bits per heavy atom. The molecule has 1 amide bonds. The highest BCUT2D eigenvalue weighted by Crippen LogP contribution is 2.37. The summed E-state index contributed by atoms with van der Waals surface area (Å²) in [4.78, 5) is 14.9. The summed E-state index contributed by atoms with van der Waals surface area (Å²) in [5.41, 5.74) is 3.85. The number of morpholine rings is 1. The molecule has 1 aliphatic carbocycles. The molecule has 0 radical (unpaired) electrons. The maximum Gasteiger partial charge on any atom is 0.220 e. The summed E-state index contributed by atoms with van der Waals surface area (Å²) in [5, 5.41) is 3.26. The van der Waals surface area contributed by atoms with E-state index in [4.69, 9.17) is 4.74 Å². The monoisotopic (exact) mass is 342 g/mol. The number of aryl methyl sites for hydroxylation is 3. The van der Waals surface area contributed by atoms with Gasteiger partial charge in [-0.05, 0) is 56.6 Å². The minimum absolute atomic E-state index is 0.185. The Bertz CT molecular complexity index is 641. The van der Waals surface area contributed by atoms with Gasteiger partial charge in [-0.1, -0.05) is 23.8 Å². The van der Waals surface area contributed by atoms with E-state index in [0.717, 1.165) is 38.5 Å². The second kappa shape index (κ2) is 7.08. The fourth-order valence-electron chi connectivity index (χ4n) is 4.43. The van der Waals surface area contributed by atoms with Gasteiger partial charge in [-0.15, -0.1) is 0 Å². The first-order valence-electron chi connectivity index (χ1n) is 9.79. The zero-order valence-electron chi connectivity index (χ0n) is 15.5. The van der Waals surface area contributed by atoms with Crippen LogP contribution >= 0.6 is 0 Å². The van der Waals surface area contributed by atoms with Gasteiger partial charge in [0.15, 0.2) is 0 Å². The Balaban J connectivity index is 1.24. The third-order valence-electron chi connectivity index (χ3n) is 6.08. The third-order valence-corrected chi connectivity index (χ3v) is 6.08. The lowest BCUT2D eigenvalue weighted by atomic mass is 10.0. The van der Waals surface area contributed by atoms with Crippen molar-refractivity contribution in [3.05, 3.63) is 34.9 Å². The van der Waals surface area contributed by atoms with E-state index in [1.807, 2.05) is 0 Å². The summed E-state index contributed by atoms with van der Waals surface area (Å²) in [6.07, 6.45) is 5.54. The van der Waals surface area contributed by atoms with Crippen LogP contribution in [0.25, 0.3) is 0 Å². The smallest absolute Gasteiger partial charge is 0.220 e. The largest absolute Gasteiger partial charge is 0.375 e. The van der Waals surface area contributed by atoms with E-state index in [2.05, 4.69) is 42.3 Å². The van der Waals surface area contributed by atoms with Crippen LogP contribution in [-0.2, 0) is 16.0 Å². The topological polar surface area (TPSA) is 41.6 Å². The minimum Gasteiger partial charge on any atom is -0.375 e. The molecule has 0 unspecified atom stereocenters. The fourth-order valence-corrected chi connectivity index (χ4v) is 4.43. The summed E-state index contributed by atoms with van der Waals surface area (Å²) in [6, 6.07) is 7.27. The van der Waals surface area contributed by atoms with Crippen molar-refractivity contribution in [2.24, 2.45) is 5.92 Å². The molecular formula is C21H30N2O2. The molecule has 4 heteroatoms. The average molecular weight is 342 g/mol. The van der Waals surface area contributed by atoms with Crippen molar-refractivity contribution < 1.29 is 9.53 Å². The molecule has 1 N–H and O–H groups in total. The predicted molar refractivity (Wildman–Crippen MR) is 98.6 cm³/mol. The van der Waals surface area contributed by atoms with E-state index in [-0.39, 0.29) is 11.9 Å².